The topological polar surface area (TPSA) is 76.4 Å². The Morgan fingerprint density at radius 3 is 2.61 bits per heavy atom. The molecule has 0 fully saturated rings. The van der Waals surface area contributed by atoms with Gasteiger partial charge in [0.1, 0.15) is 11.3 Å². The number of amides is 1. The molecule has 33 heavy (non-hydrogen) atoms. The van der Waals surface area contributed by atoms with Crippen molar-refractivity contribution < 1.29 is 13.9 Å². The summed E-state index contributed by atoms with van der Waals surface area (Å²) in [5.41, 5.74) is 3.37. The summed E-state index contributed by atoms with van der Waals surface area (Å²) in [5.74, 6) is 0.595. The van der Waals surface area contributed by atoms with Crippen LogP contribution in [0.3, 0.4) is 0 Å². The van der Waals surface area contributed by atoms with Gasteiger partial charge in [0, 0.05) is 17.1 Å². The zero-order valence-corrected chi connectivity index (χ0v) is 19.8. The molecule has 1 heterocycles. The molecular weight excluding hydrogens is 481 g/mol. The van der Waals surface area contributed by atoms with Gasteiger partial charge in [0.2, 0.25) is 0 Å². The van der Waals surface area contributed by atoms with Gasteiger partial charge in [-0.05, 0) is 67.2 Å². The van der Waals surface area contributed by atoms with Crippen LogP contribution in [0.25, 0.3) is 11.1 Å². The third-order valence-electron chi connectivity index (χ3n) is 4.71. The van der Waals surface area contributed by atoms with Gasteiger partial charge in [-0.3, -0.25) is 10.1 Å². The van der Waals surface area contributed by atoms with Crippen LogP contribution in [-0.4, -0.2) is 22.1 Å². The highest BCUT2D eigenvalue weighted by atomic mass is 35.5. The van der Waals surface area contributed by atoms with E-state index in [2.05, 4.69) is 15.6 Å². The van der Waals surface area contributed by atoms with Gasteiger partial charge < -0.3 is 14.5 Å². The van der Waals surface area contributed by atoms with Gasteiger partial charge in [-0.2, -0.15) is 0 Å². The van der Waals surface area contributed by atoms with Crippen molar-refractivity contribution in [1.82, 2.24) is 10.3 Å². The van der Waals surface area contributed by atoms with E-state index in [0.717, 1.165) is 22.4 Å². The molecule has 4 rings (SSSR count). The van der Waals surface area contributed by atoms with E-state index in [4.69, 9.17) is 44.6 Å². The number of hydrogen-bond acceptors (Lipinski definition) is 5. The molecule has 1 aromatic heterocycles. The second-order valence-corrected chi connectivity index (χ2v) is 8.48. The number of nitrogens with zero attached hydrogens (tertiary/aromatic N) is 1. The van der Waals surface area contributed by atoms with Gasteiger partial charge in [-0.25, -0.2) is 4.98 Å². The minimum atomic E-state index is -0.817. The number of hydrogen-bond donors (Lipinski definition) is 2. The first-order valence-electron chi connectivity index (χ1n) is 10.0. The molecule has 1 amide bonds. The van der Waals surface area contributed by atoms with Crippen molar-refractivity contribution >= 4 is 63.2 Å². The third-order valence-corrected chi connectivity index (χ3v) is 5.44. The predicted octanol–water partition coefficient (Wildman–Crippen LogP) is 6.01. The summed E-state index contributed by atoms with van der Waals surface area (Å²) in [6.07, 6.45) is -0.250. The average molecular weight is 500 g/mol. The minimum absolute atomic E-state index is 0.157. The van der Waals surface area contributed by atoms with Crippen molar-refractivity contribution in [3.8, 4) is 5.75 Å². The van der Waals surface area contributed by atoms with Gasteiger partial charge in [0.25, 0.3) is 5.91 Å². The SMILES string of the molecule is CC(Oc1ccc(Cl)cc1Cl)C(=O)NC(=S)Nc1ccc(Cc2nc3ccccc3o2)cc1. The van der Waals surface area contributed by atoms with Crippen molar-refractivity contribution in [2.24, 2.45) is 0 Å². The molecular formula is C24H19Cl2N3O3S. The Bertz CT molecular complexity index is 1280. The smallest absolute Gasteiger partial charge is 0.266 e. The first-order valence-corrected chi connectivity index (χ1v) is 11.2. The number of rotatable bonds is 6. The molecule has 1 atom stereocenters. The van der Waals surface area contributed by atoms with Crippen LogP contribution in [0.5, 0.6) is 5.75 Å². The van der Waals surface area contributed by atoms with Gasteiger partial charge >= 0.3 is 0 Å². The van der Waals surface area contributed by atoms with Crippen molar-refractivity contribution in [2.75, 3.05) is 5.32 Å². The maximum Gasteiger partial charge on any atom is 0.266 e. The monoisotopic (exact) mass is 499 g/mol. The lowest BCUT2D eigenvalue weighted by Gasteiger charge is -2.16. The molecule has 0 aliphatic heterocycles. The number of carbonyl (C=O) groups is 1. The number of oxazole rings is 1. The van der Waals surface area contributed by atoms with Crippen LogP contribution in [0, 0.1) is 0 Å². The number of ether oxygens (including phenoxy) is 1. The van der Waals surface area contributed by atoms with Crippen LogP contribution in [0.4, 0.5) is 5.69 Å². The van der Waals surface area contributed by atoms with E-state index >= 15 is 0 Å². The summed E-state index contributed by atoms with van der Waals surface area (Å²) in [6, 6.07) is 20.0. The standard InChI is InChI=1S/C24H19Cl2N3O3S/c1-14(31-20-11-8-16(25)13-18(20)26)23(30)29-24(33)27-17-9-6-15(7-10-17)12-22-28-19-4-2-3-5-21(19)32-22/h2-11,13-14H,12H2,1H3,(H2,27,29,30,33). The summed E-state index contributed by atoms with van der Waals surface area (Å²) >= 11 is 17.2. The summed E-state index contributed by atoms with van der Waals surface area (Å²) in [5, 5.41) is 6.55. The van der Waals surface area contributed by atoms with Gasteiger partial charge in [0.15, 0.2) is 22.7 Å². The lowest BCUT2D eigenvalue weighted by molar-refractivity contribution is -0.125. The highest BCUT2D eigenvalue weighted by Crippen LogP contribution is 2.28. The predicted molar refractivity (Wildman–Crippen MR) is 134 cm³/mol. The van der Waals surface area contributed by atoms with E-state index in [0.29, 0.717) is 28.1 Å². The molecule has 0 bridgehead atoms. The van der Waals surface area contributed by atoms with Crippen LogP contribution in [0.15, 0.2) is 71.1 Å². The van der Waals surface area contributed by atoms with Crippen LogP contribution in [-0.2, 0) is 11.2 Å². The van der Waals surface area contributed by atoms with Gasteiger partial charge in [-0.15, -0.1) is 0 Å². The number of benzene rings is 3. The Hall–Kier alpha value is -3.13. The number of halogens is 2. The summed E-state index contributed by atoms with van der Waals surface area (Å²) < 4.78 is 11.4. The van der Waals surface area contributed by atoms with Crippen LogP contribution < -0.4 is 15.4 Å². The van der Waals surface area contributed by atoms with Crippen LogP contribution >= 0.6 is 35.4 Å². The van der Waals surface area contributed by atoms with Crippen LogP contribution in [0.2, 0.25) is 10.0 Å². The summed E-state index contributed by atoms with van der Waals surface area (Å²) in [4.78, 5) is 16.9. The van der Waals surface area contributed by atoms with Gasteiger partial charge in [-0.1, -0.05) is 47.5 Å². The number of fused-ring (bicyclic) bond motifs is 1. The second kappa shape index (κ2) is 10.2. The molecule has 0 aliphatic carbocycles. The normalized spacial score (nSPS) is 11.7. The lowest BCUT2D eigenvalue weighted by atomic mass is 10.1. The molecule has 0 radical (unpaired) electrons. The first-order chi connectivity index (χ1) is 15.9. The number of nitrogens with one attached hydrogen (secondary N) is 2. The molecule has 0 saturated heterocycles. The van der Waals surface area contributed by atoms with E-state index in [9.17, 15) is 4.79 Å². The number of thiocarbonyl (C=S) groups is 1. The van der Waals surface area contributed by atoms with Crippen molar-refractivity contribution in [1.29, 1.82) is 0 Å². The number of para-hydroxylation sites is 2. The quantitative estimate of drug-likeness (QED) is 0.316. The van der Waals surface area contributed by atoms with E-state index in [1.54, 1.807) is 25.1 Å². The van der Waals surface area contributed by atoms with E-state index in [1.807, 2.05) is 48.5 Å². The maximum atomic E-state index is 12.4. The third kappa shape index (κ3) is 6.01. The van der Waals surface area contributed by atoms with Crippen molar-refractivity contribution in [2.45, 2.75) is 19.4 Å². The molecule has 168 valence electrons. The molecule has 1 unspecified atom stereocenters. The van der Waals surface area contributed by atoms with Crippen molar-refractivity contribution in [3.63, 3.8) is 0 Å². The molecule has 2 N–H and O–H groups in total. The molecule has 0 spiro atoms. The van der Waals surface area contributed by atoms with Gasteiger partial charge in [0.05, 0.1) is 5.02 Å². The summed E-state index contributed by atoms with van der Waals surface area (Å²) in [7, 11) is 0. The van der Waals surface area contributed by atoms with E-state index < -0.39 is 12.0 Å². The fourth-order valence-electron chi connectivity index (χ4n) is 3.07. The Labute approximate surface area is 205 Å². The van der Waals surface area contributed by atoms with Crippen LogP contribution in [0.1, 0.15) is 18.4 Å². The Morgan fingerprint density at radius 1 is 1.12 bits per heavy atom. The highest BCUT2D eigenvalue weighted by Gasteiger charge is 2.17. The number of carbonyl (C=O) groups excluding carboxylic acids is 1. The van der Waals surface area contributed by atoms with E-state index in [-0.39, 0.29) is 5.11 Å². The molecule has 3 aromatic carbocycles. The zero-order valence-electron chi connectivity index (χ0n) is 17.5. The Kier molecular flexibility index (Phi) is 7.13. The molecule has 9 heteroatoms. The maximum absolute atomic E-state index is 12.4. The second-order valence-electron chi connectivity index (χ2n) is 7.23. The average Bonchev–Trinajstić information content (AvgIpc) is 3.19. The fourth-order valence-corrected chi connectivity index (χ4v) is 3.74. The number of anilines is 1. The molecule has 4 aromatic rings. The largest absolute Gasteiger partial charge is 0.479 e. The summed E-state index contributed by atoms with van der Waals surface area (Å²) in [6.45, 7) is 1.60. The molecule has 0 saturated carbocycles. The van der Waals surface area contributed by atoms with E-state index in [1.165, 1.54) is 0 Å². The highest BCUT2D eigenvalue weighted by molar-refractivity contribution is 7.80. The number of aromatic nitrogens is 1. The van der Waals surface area contributed by atoms with Crippen molar-refractivity contribution in [3.05, 3.63) is 88.2 Å². The molecule has 6 nitrogen and oxygen atoms in total. The first kappa shape index (κ1) is 23.0. The lowest BCUT2D eigenvalue weighted by Crippen LogP contribution is -2.42. The Balaban J connectivity index is 1.30. The zero-order chi connectivity index (χ0) is 23.4. The molecule has 0 aliphatic rings. The minimum Gasteiger partial charge on any atom is -0.479 e. The fraction of sp³-hybridized carbons (Fsp3) is 0.125. The Morgan fingerprint density at radius 2 is 1.88 bits per heavy atom.